The van der Waals surface area contributed by atoms with Gasteiger partial charge in [-0.15, -0.1) is 0 Å². The van der Waals surface area contributed by atoms with Gasteiger partial charge < -0.3 is 16.4 Å². The molecule has 0 atom stereocenters. The van der Waals surface area contributed by atoms with Gasteiger partial charge in [0.05, 0.1) is 11.3 Å². The van der Waals surface area contributed by atoms with Gasteiger partial charge >= 0.3 is 0 Å². The minimum atomic E-state index is -0.678. The number of benzene rings is 2. The summed E-state index contributed by atoms with van der Waals surface area (Å²) in [5.74, 6) is -1.18. The van der Waals surface area contributed by atoms with E-state index in [2.05, 4.69) is 0 Å². The van der Waals surface area contributed by atoms with Gasteiger partial charge in [-0.2, -0.15) is 0 Å². The molecule has 2 rings (SSSR count). The quantitative estimate of drug-likeness (QED) is 0.853. The molecule has 2 aromatic rings. The van der Waals surface area contributed by atoms with Crippen molar-refractivity contribution < 1.29 is 9.18 Å². The van der Waals surface area contributed by atoms with Gasteiger partial charge in [-0.25, -0.2) is 4.39 Å². The Morgan fingerprint density at radius 2 is 1.81 bits per heavy atom. The van der Waals surface area contributed by atoms with E-state index in [9.17, 15) is 9.18 Å². The Balaban J connectivity index is 2.55. The van der Waals surface area contributed by atoms with Crippen molar-refractivity contribution in [2.24, 2.45) is 5.73 Å². The molecule has 0 aromatic heterocycles. The molecule has 0 bridgehead atoms. The molecule has 0 radical (unpaired) electrons. The van der Waals surface area contributed by atoms with Gasteiger partial charge in [-0.05, 0) is 37.6 Å². The smallest absolute Gasteiger partial charge is 0.250 e. The highest BCUT2D eigenvalue weighted by molar-refractivity contribution is 5.99. The Kier molecular flexibility index (Phi) is 3.84. The Morgan fingerprint density at radius 3 is 2.38 bits per heavy atom. The summed E-state index contributed by atoms with van der Waals surface area (Å²) < 4.78 is 14.2. The van der Waals surface area contributed by atoms with Crippen LogP contribution >= 0.6 is 0 Å². The molecule has 0 aliphatic carbocycles. The third-order valence-electron chi connectivity index (χ3n) is 3.46. The Morgan fingerprint density at radius 1 is 1.14 bits per heavy atom. The molecule has 4 nitrogen and oxygen atoms in total. The van der Waals surface area contributed by atoms with Crippen molar-refractivity contribution in [1.82, 2.24) is 0 Å². The minimum Gasteiger partial charge on any atom is -0.398 e. The first-order chi connectivity index (χ1) is 9.81. The Hall–Kier alpha value is -2.56. The van der Waals surface area contributed by atoms with Crippen LogP contribution in [-0.2, 0) is 0 Å². The van der Waals surface area contributed by atoms with Crippen molar-refractivity contribution in [3.63, 3.8) is 0 Å². The fourth-order valence-corrected chi connectivity index (χ4v) is 2.36. The Labute approximate surface area is 123 Å². The van der Waals surface area contributed by atoms with Gasteiger partial charge in [0.25, 0.3) is 5.91 Å². The van der Waals surface area contributed by atoms with Crippen LogP contribution in [0.5, 0.6) is 0 Å². The van der Waals surface area contributed by atoms with E-state index in [1.807, 2.05) is 32.0 Å². The maximum atomic E-state index is 14.2. The lowest BCUT2D eigenvalue weighted by molar-refractivity contribution is 0.100. The number of hydrogen-bond donors (Lipinski definition) is 2. The summed E-state index contributed by atoms with van der Waals surface area (Å²) in [5.41, 5.74) is 14.3. The van der Waals surface area contributed by atoms with Gasteiger partial charge in [0.2, 0.25) is 0 Å². The van der Waals surface area contributed by atoms with Gasteiger partial charge in [0.1, 0.15) is 5.82 Å². The van der Waals surface area contributed by atoms with Gasteiger partial charge in [-0.3, -0.25) is 4.79 Å². The lowest BCUT2D eigenvalue weighted by Gasteiger charge is -2.23. The molecule has 0 unspecified atom stereocenters. The van der Waals surface area contributed by atoms with Crippen LogP contribution in [0.1, 0.15) is 21.5 Å². The Bertz CT molecular complexity index is 713. The van der Waals surface area contributed by atoms with E-state index in [4.69, 9.17) is 11.5 Å². The summed E-state index contributed by atoms with van der Waals surface area (Å²) in [6, 6.07) is 8.37. The van der Waals surface area contributed by atoms with Crippen LogP contribution in [0.3, 0.4) is 0 Å². The van der Waals surface area contributed by atoms with E-state index >= 15 is 0 Å². The number of primary amides is 1. The monoisotopic (exact) mass is 287 g/mol. The number of nitrogens with zero attached hydrogens (tertiary/aromatic N) is 1. The topological polar surface area (TPSA) is 72.3 Å². The number of carbonyl (C=O) groups is 1. The summed E-state index contributed by atoms with van der Waals surface area (Å²) in [5, 5.41) is 0. The third kappa shape index (κ3) is 2.81. The fourth-order valence-electron chi connectivity index (χ4n) is 2.36. The molecule has 110 valence electrons. The van der Waals surface area contributed by atoms with Crippen molar-refractivity contribution in [3.8, 4) is 0 Å². The number of nitrogens with two attached hydrogens (primary N) is 2. The predicted octanol–water partition coefficient (Wildman–Crippen LogP) is 2.89. The van der Waals surface area contributed by atoms with Crippen LogP contribution in [0, 0.1) is 19.7 Å². The molecule has 21 heavy (non-hydrogen) atoms. The van der Waals surface area contributed by atoms with Crippen LogP contribution in [0.4, 0.5) is 21.5 Å². The zero-order valence-corrected chi connectivity index (χ0v) is 12.3. The highest BCUT2D eigenvalue weighted by atomic mass is 19.1. The number of anilines is 3. The molecule has 0 fully saturated rings. The first kappa shape index (κ1) is 14.8. The molecular weight excluding hydrogens is 269 g/mol. The average molecular weight is 287 g/mol. The van der Waals surface area contributed by atoms with Crippen molar-refractivity contribution in [1.29, 1.82) is 0 Å². The van der Waals surface area contributed by atoms with Crippen LogP contribution in [0.15, 0.2) is 30.3 Å². The molecule has 1 amide bonds. The first-order valence-corrected chi connectivity index (χ1v) is 6.51. The van der Waals surface area contributed by atoms with Gasteiger partial charge in [0.15, 0.2) is 0 Å². The van der Waals surface area contributed by atoms with E-state index in [-0.39, 0.29) is 16.9 Å². The summed E-state index contributed by atoms with van der Waals surface area (Å²) in [4.78, 5) is 13.0. The van der Waals surface area contributed by atoms with Crippen molar-refractivity contribution in [2.75, 3.05) is 17.7 Å². The molecule has 0 saturated heterocycles. The number of carbonyl (C=O) groups excluding carboxylic acids is 1. The summed E-state index contributed by atoms with van der Waals surface area (Å²) >= 11 is 0. The maximum absolute atomic E-state index is 14.2. The van der Waals surface area contributed by atoms with Crippen LogP contribution in [-0.4, -0.2) is 13.0 Å². The lowest BCUT2D eigenvalue weighted by atomic mass is 10.1. The van der Waals surface area contributed by atoms with E-state index in [0.717, 1.165) is 22.9 Å². The zero-order valence-electron chi connectivity index (χ0n) is 12.3. The normalized spacial score (nSPS) is 10.5. The average Bonchev–Trinajstić information content (AvgIpc) is 2.37. The molecule has 4 N–H and O–H groups in total. The largest absolute Gasteiger partial charge is 0.398 e. The molecule has 0 aliphatic heterocycles. The standard InChI is InChI=1S/C16H18FN3O/c1-9-4-5-14(10(2)6-9)20(3)15-7-11(16(19)21)13(18)8-12(15)17/h4-8H,18H2,1-3H3,(H2,19,21). The molecule has 0 spiro atoms. The van der Waals surface area contributed by atoms with Crippen LogP contribution < -0.4 is 16.4 Å². The number of amides is 1. The van der Waals surface area contributed by atoms with E-state index in [0.29, 0.717) is 0 Å². The number of hydrogen-bond acceptors (Lipinski definition) is 3. The molecule has 2 aromatic carbocycles. The first-order valence-electron chi connectivity index (χ1n) is 6.51. The summed E-state index contributed by atoms with van der Waals surface area (Å²) in [7, 11) is 1.73. The van der Waals surface area contributed by atoms with Crippen LogP contribution in [0.25, 0.3) is 0 Å². The second-order valence-electron chi connectivity index (χ2n) is 5.10. The summed E-state index contributed by atoms with van der Waals surface area (Å²) in [6.07, 6.45) is 0. The number of halogens is 1. The fraction of sp³-hybridized carbons (Fsp3) is 0.188. The van der Waals surface area contributed by atoms with Crippen LogP contribution in [0.2, 0.25) is 0 Å². The number of nitrogen functional groups attached to an aromatic ring is 1. The molecule has 0 saturated carbocycles. The highest BCUT2D eigenvalue weighted by Gasteiger charge is 2.16. The number of rotatable bonds is 3. The summed E-state index contributed by atoms with van der Waals surface area (Å²) in [6.45, 7) is 3.94. The minimum absolute atomic E-state index is 0.0396. The van der Waals surface area contributed by atoms with Crippen molar-refractivity contribution >= 4 is 23.0 Å². The van der Waals surface area contributed by atoms with Gasteiger partial charge in [-0.1, -0.05) is 17.7 Å². The lowest BCUT2D eigenvalue weighted by Crippen LogP contribution is -2.17. The maximum Gasteiger partial charge on any atom is 0.250 e. The SMILES string of the molecule is Cc1ccc(N(C)c2cc(C(N)=O)c(N)cc2F)c(C)c1. The number of aryl methyl sites for hydroxylation is 2. The van der Waals surface area contributed by atoms with E-state index in [1.165, 1.54) is 6.07 Å². The van der Waals surface area contributed by atoms with Crippen molar-refractivity contribution in [2.45, 2.75) is 13.8 Å². The van der Waals surface area contributed by atoms with Crippen molar-refractivity contribution in [3.05, 3.63) is 52.8 Å². The van der Waals surface area contributed by atoms with Gasteiger partial charge in [0, 0.05) is 18.4 Å². The highest BCUT2D eigenvalue weighted by Crippen LogP contribution is 2.31. The van der Waals surface area contributed by atoms with E-state index in [1.54, 1.807) is 11.9 Å². The zero-order chi connectivity index (χ0) is 15.7. The predicted molar refractivity (Wildman–Crippen MR) is 83.3 cm³/mol. The molecule has 0 aliphatic rings. The molecular formula is C16H18FN3O. The third-order valence-corrected chi connectivity index (χ3v) is 3.46. The second kappa shape index (κ2) is 5.44. The van der Waals surface area contributed by atoms with E-state index < -0.39 is 11.7 Å². The second-order valence-corrected chi connectivity index (χ2v) is 5.10. The molecule has 0 heterocycles. The molecule has 5 heteroatoms.